The first kappa shape index (κ1) is 14.5. The molecule has 1 aromatic heterocycles. The molecule has 0 saturated carbocycles. The van der Waals surface area contributed by atoms with Crippen LogP contribution in [0, 0.1) is 6.92 Å². The van der Waals surface area contributed by atoms with Gasteiger partial charge in [-0.2, -0.15) is 0 Å². The number of aryl methyl sites for hydroxylation is 1. The van der Waals surface area contributed by atoms with Crippen LogP contribution in [0.3, 0.4) is 0 Å². The number of aromatic carboxylic acids is 1. The first-order valence-electron chi connectivity index (χ1n) is 6.68. The maximum absolute atomic E-state index is 11.0. The second-order valence-corrected chi connectivity index (χ2v) is 5.36. The maximum Gasteiger partial charge on any atom is 0.335 e. The van der Waals surface area contributed by atoms with E-state index in [1.165, 1.54) is 0 Å². The van der Waals surface area contributed by atoms with Crippen molar-refractivity contribution in [3.8, 4) is 5.75 Å². The van der Waals surface area contributed by atoms with Crippen molar-refractivity contribution in [2.45, 2.75) is 13.5 Å². The average Bonchev–Trinajstić information content (AvgIpc) is 2.80. The summed E-state index contributed by atoms with van der Waals surface area (Å²) in [5, 5.41) is 10.4. The SMILES string of the molecule is Cc1oc2ccc(Cl)cc2c1OCc1cccc(C(=O)O)c1. The molecule has 0 saturated heterocycles. The lowest BCUT2D eigenvalue weighted by molar-refractivity contribution is 0.0696. The lowest BCUT2D eigenvalue weighted by Gasteiger charge is -2.06. The van der Waals surface area contributed by atoms with Gasteiger partial charge >= 0.3 is 5.97 Å². The Morgan fingerprint density at radius 1 is 1.27 bits per heavy atom. The molecular formula is C17H13ClO4. The third-order valence-electron chi connectivity index (χ3n) is 3.33. The van der Waals surface area contributed by atoms with Gasteiger partial charge in [-0.25, -0.2) is 4.79 Å². The Balaban J connectivity index is 1.88. The second-order valence-electron chi connectivity index (χ2n) is 4.92. The van der Waals surface area contributed by atoms with E-state index in [9.17, 15) is 4.79 Å². The topological polar surface area (TPSA) is 59.7 Å². The molecule has 0 aliphatic heterocycles. The van der Waals surface area contributed by atoms with E-state index in [0.717, 1.165) is 10.9 Å². The van der Waals surface area contributed by atoms with Gasteiger partial charge in [-0.15, -0.1) is 0 Å². The first-order chi connectivity index (χ1) is 10.5. The Labute approximate surface area is 131 Å². The summed E-state index contributed by atoms with van der Waals surface area (Å²) in [4.78, 5) is 11.0. The van der Waals surface area contributed by atoms with Crippen LogP contribution in [0.1, 0.15) is 21.7 Å². The molecule has 0 unspecified atom stereocenters. The number of ether oxygens (including phenoxy) is 1. The molecule has 0 amide bonds. The number of fused-ring (bicyclic) bond motifs is 1. The van der Waals surface area contributed by atoms with Crippen LogP contribution in [0.25, 0.3) is 11.0 Å². The Bertz CT molecular complexity index is 851. The van der Waals surface area contributed by atoms with Crippen molar-refractivity contribution < 1.29 is 19.1 Å². The predicted molar refractivity (Wildman–Crippen MR) is 83.7 cm³/mol. The van der Waals surface area contributed by atoms with Gasteiger partial charge in [0.05, 0.1) is 10.9 Å². The molecule has 0 fully saturated rings. The fourth-order valence-corrected chi connectivity index (χ4v) is 2.47. The van der Waals surface area contributed by atoms with E-state index < -0.39 is 5.97 Å². The molecule has 0 radical (unpaired) electrons. The molecule has 0 aliphatic carbocycles. The molecule has 5 heteroatoms. The Morgan fingerprint density at radius 2 is 2.09 bits per heavy atom. The molecule has 4 nitrogen and oxygen atoms in total. The first-order valence-corrected chi connectivity index (χ1v) is 7.06. The third-order valence-corrected chi connectivity index (χ3v) is 3.56. The molecule has 0 aliphatic rings. The highest BCUT2D eigenvalue weighted by Crippen LogP contribution is 2.34. The van der Waals surface area contributed by atoms with E-state index in [1.807, 2.05) is 13.0 Å². The number of carboxylic acids is 1. The average molecular weight is 317 g/mol. The van der Waals surface area contributed by atoms with Crippen LogP contribution < -0.4 is 4.74 Å². The van der Waals surface area contributed by atoms with Crippen molar-refractivity contribution >= 4 is 28.5 Å². The summed E-state index contributed by atoms with van der Waals surface area (Å²) in [6.45, 7) is 2.07. The Morgan fingerprint density at radius 3 is 2.86 bits per heavy atom. The van der Waals surface area contributed by atoms with Crippen molar-refractivity contribution in [1.29, 1.82) is 0 Å². The van der Waals surface area contributed by atoms with Crippen molar-refractivity contribution in [2.75, 3.05) is 0 Å². The zero-order chi connectivity index (χ0) is 15.7. The fraction of sp³-hybridized carbons (Fsp3) is 0.118. The van der Waals surface area contributed by atoms with Gasteiger partial charge in [-0.1, -0.05) is 23.7 Å². The molecule has 0 spiro atoms. The number of carboxylic acid groups (broad SMARTS) is 1. The number of furan rings is 1. The minimum Gasteiger partial charge on any atom is -0.485 e. The summed E-state index contributed by atoms with van der Waals surface area (Å²) in [5.74, 6) is 0.323. The van der Waals surface area contributed by atoms with Crippen molar-refractivity contribution in [1.82, 2.24) is 0 Å². The molecule has 3 rings (SSSR count). The van der Waals surface area contributed by atoms with E-state index in [4.69, 9.17) is 25.9 Å². The van der Waals surface area contributed by atoms with Gasteiger partial charge in [0.25, 0.3) is 0 Å². The number of hydrogen-bond acceptors (Lipinski definition) is 3. The summed E-state index contributed by atoms with van der Waals surface area (Å²) in [6.07, 6.45) is 0. The van der Waals surface area contributed by atoms with Crippen LogP contribution >= 0.6 is 11.6 Å². The van der Waals surface area contributed by atoms with Crippen molar-refractivity contribution in [2.24, 2.45) is 0 Å². The summed E-state index contributed by atoms with van der Waals surface area (Å²) in [6, 6.07) is 12.0. The molecular weight excluding hydrogens is 304 g/mol. The van der Waals surface area contributed by atoms with E-state index in [-0.39, 0.29) is 12.2 Å². The van der Waals surface area contributed by atoms with Crippen LogP contribution in [0.5, 0.6) is 5.75 Å². The molecule has 1 N–H and O–H groups in total. The maximum atomic E-state index is 11.0. The van der Waals surface area contributed by atoms with Gasteiger partial charge in [0.2, 0.25) is 0 Å². The van der Waals surface area contributed by atoms with Crippen molar-refractivity contribution in [3.05, 3.63) is 64.4 Å². The fourth-order valence-electron chi connectivity index (χ4n) is 2.30. The monoisotopic (exact) mass is 316 g/mol. The largest absolute Gasteiger partial charge is 0.485 e. The molecule has 2 aromatic carbocycles. The van der Waals surface area contributed by atoms with Gasteiger partial charge in [-0.3, -0.25) is 0 Å². The lowest BCUT2D eigenvalue weighted by atomic mass is 10.1. The molecule has 112 valence electrons. The summed E-state index contributed by atoms with van der Waals surface area (Å²) in [7, 11) is 0. The van der Waals surface area contributed by atoms with Crippen LogP contribution in [-0.4, -0.2) is 11.1 Å². The van der Waals surface area contributed by atoms with Crippen molar-refractivity contribution in [3.63, 3.8) is 0 Å². The predicted octanol–water partition coefficient (Wildman–Crippen LogP) is 4.67. The van der Waals surface area contributed by atoms with Crippen LogP contribution in [0.15, 0.2) is 46.9 Å². The summed E-state index contributed by atoms with van der Waals surface area (Å²) < 4.78 is 11.4. The van der Waals surface area contributed by atoms with E-state index in [2.05, 4.69) is 0 Å². The summed E-state index contributed by atoms with van der Waals surface area (Å²) >= 11 is 6.01. The minimum atomic E-state index is -0.960. The Hall–Kier alpha value is -2.46. The third kappa shape index (κ3) is 2.78. The van der Waals surface area contributed by atoms with Gasteiger partial charge in [0, 0.05) is 5.02 Å². The number of carbonyl (C=O) groups is 1. The standard InChI is InChI=1S/C17H13ClO4/c1-10-16(14-8-13(18)5-6-15(14)22-10)21-9-11-3-2-4-12(7-11)17(19)20/h2-8H,9H2,1H3,(H,19,20). The van der Waals surface area contributed by atoms with Gasteiger partial charge in [0.1, 0.15) is 18.0 Å². The molecule has 0 bridgehead atoms. The zero-order valence-corrected chi connectivity index (χ0v) is 12.6. The molecule has 22 heavy (non-hydrogen) atoms. The number of hydrogen-bond donors (Lipinski definition) is 1. The van der Waals surface area contributed by atoms with Gasteiger partial charge in [-0.05, 0) is 42.8 Å². The minimum absolute atomic E-state index is 0.234. The molecule has 0 atom stereocenters. The number of benzene rings is 2. The Kier molecular flexibility index (Phi) is 3.77. The molecule has 3 aromatic rings. The quantitative estimate of drug-likeness (QED) is 0.759. The highest BCUT2D eigenvalue weighted by molar-refractivity contribution is 6.31. The number of halogens is 1. The molecule has 1 heterocycles. The van der Waals surface area contributed by atoms with Gasteiger partial charge < -0.3 is 14.3 Å². The van der Waals surface area contributed by atoms with E-state index >= 15 is 0 Å². The second kappa shape index (κ2) is 5.73. The number of rotatable bonds is 4. The van der Waals surface area contributed by atoms with Crippen LogP contribution in [0.2, 0.25) is 5.02 Å². The highest BCUT2D eigenvalue weighted by atomic mass is 35.5. The van der Waals surface area contributed by atoms with E-state index in [0.29, 0.717) is 22.1 Å². The lowest BCUT2D eigenvalue weighted by Crippen LogP contribution is -2.00. The van der Waals surface area contributed by atoms with Crippen LogP contribution in [0.4, 0.5) is 0 Å². The normalized spacial score (nSPS) is 10.8. The highest BCUT2D eigenvalue weighted by Gasteiger charge is 2.13. The zero-order valence-electron chi connectivity index (χ0n) is 11.8. The summed E-state index contributed by atoms with van der Waals surface area (Å²) in [5.41, 5.74) is 1.71. The van der Waals surface area contributed by atoms with E-state index in [1.54, 1.807) is 36.4 Å². The smallest absolute Gasteiger partial charge is 0.335 e. The van der Waals surface area contributed by atoms with Gasteiger partial charge in [0.15, 0.2) is 5.75 Å². The van der Waals surface area contributed by atoms with Crippen LogP contribution in [-0.2, 0) is 6.61 Å².